The van der Waals surface area contributed by atoms with Gasteiger partial charge in [-0.15, -0.1) is 12.4 Å². The second-order valence-electron chi connectivity index (χ2n) is 8.15. The van der Waals surface area contributed by atoms with Crippen LogP contribution in [0.3, 0.4) is 0 Å². The van der Waals surface area contributed by atoms with E-state index < -0.39 is 6.04 Å². The van der Waals surface area contributed by atoms with Crippen LogP contribution >= 0.6 is 12.4 Å². The van der Waals surface area contributed by atoms with Crippen molar-refractivity contribution in [2.24, 2.45) is 5.92 Å². The molecule has 0 unspecified atom stereocenters. The Hall–Kier alpha value is -2.77. The van der Waals surface area contributed by atoms with Gasteiger partial charge < -0.3 is 25.4 Å². The third kappa shape index (κ3) is 5.48. The number of amides is 2. The number of ether oxygens (including phenoxy) is 2. The Labute approximate surface area is 188 Å². The number of halogens is 1. The lowest BCUT2D eigenvalue weighted by Crippen LogP contribution is -2.53. The standard InChI is InChI=1S/C23H27N3O4.ClH/c1-14(2)9-19(23(28)25-17-7-8-20-21(11-17)30-13-29-20)26-22(27)18-10-15-5-3-4-6-16(15)12-24-18;/h3-8,11,14,18-19,24H,9-10,12-13H2,1-2H3,(H,25,28)(H,26,27);1H/t18-,19+;/m0./s1. The highest BCUT2D eigenvalue weighted by Gasteiger charge is 2.29. The van der Waals surface area contributed by atoms with Gasteiger partial charge in [-0.25, -0.2) is 0 Å². The molecule has 7 nitrogen and oxygen atoms in total. The zero-order valence-corrected chi connectivity index (χ0v) is 18.5. The number of anilines is 1. The highest BCUT2D eigenvalue weighted by atomic mass is 35.5. The van der Waals surface area contributed by atoms with Gasteiger partial charge in [0.1, 0.15) is 6.04 Å². The molecule has 0 aliphatic carbocycles. The van der Waals surface area contributed by atoms with Crippen molar-refractivity contribution in [3.05, 3.63) is 53.6 Å². The smallest absolute Gasteiger partial charge is 0.246 e. The summed E-state index contributed by atoms with van der Waals surface area (Å²) in [6, 6.07) is 12.4. The number of hydrogen-bond acceptors (Lipinski definition) is 5. The van der Waals surface area contributed by atoms with Crippen LogP contribution in [0.2, 0.25) is 0 Å². The minimum Gasteiger partial charge on any atom is -0.454 e. The van der Waals surface area contributed by atoms with Gasteiger partial charge in [0.05, 0.1) is 6.04 Å². The second-order valence-corrected chi connectivity index (χ2v) is 8.15. The zero-order valence-electron chi connectivity index (χ0n) is 17.6. The number of hydrogen-bond donors (Lipinski definition) is 3. The summed E-state index contributed by atoms with van der Waals surface area (Å²) >= 11 is 0. The van der Waals surface area contributed by atoms with Crippen molar-refractivity contribution in [1.29, 1.82) is 0 Å². The van der Waals surface area contributed by atoms with Crippen molar-refractivity contribution in [2.75, 3.05) is 12.1 Å². The number of nitrogens with one attached hydrogen (secondary N) is 3. The number of carbonyl (C=O) groups is 2. The van der Waals surface area contributed by atoms with Crippen LogP contribution in [0.1, 0.15) is 31.4 Å². The molecule has 2 aliphatic heterocycles. The first-order valence-electron chi connectivity index (χ1n) is 10.3. The Kier molecular flexibility index (Phi) is 7.41. The fraction of sp³-hybridized carbons (Fsp3) is 0.391. The van der Waals surface area contributed by atoms with E-state index in [2.05, 4.69) is 22.0 Å². The summed E-state index contributed by atoms with van der Waals surface area (Å²) in [7, 11) is 0. The molecule has 8 heteroatoms. The maximum atomic E-state index is 12.9. The molecule has 0 saturated carbocycles. The van der Waals surface area contributed by atoms with Gasteiger partial charge in [0.2, 0.25) is 18.6 Å². The quantitative estimate of drug-likeness (QED) is 0.636. The van der Waals surface area contributed by atoms with Crippen LogP contribution in [0.25, 0.3) is 0 Å². The average Bonchev–Trinajstić information content (AvgIpc) is 3.20. The van der Waals surface area contributed by atoms with E-state index in [9.17, 15) is 9.59 Å². The summed E-state index contributed by atoms with van der Waals surface area (Å²) in [5.41, 5.74) is 2.99. The van der Waals surface area contributed by atoms with E-state index in [1.54, 1.807) is 18.2 Å². The fourth-order valence-electron chi connectivity index (χ4n) is 3.82. The van der Waals surface area contributed by atoms with E-state index in [1.165, 1.54) is 11.1 Å². The van der Waals surface area contributed by atoms with Gasteiger partial charge in [0.25, 0.3) is 0 Å². The largest absolute Gasteiger partial charge is 0.454 e. The van der Waals surface area contributed by atoms with Gasteiger partial charge in [-0.3, -0.25) is 9.59 Å². The van der Waals surface area contributed by atoms with Crippen molar-refractivity contribution < 1.29 is 19.1 Å². The van der Waals surface area contributed by atoms with E-state index >= 15 is 0 Å². The summed E-state index contributed by atoms with van der Waals surface area (Å²) in [5.74, 6) is 1.10. The van der Waals surface area contributed by atoms with Crippen LogP contribution in [0, 0.1) is 5.92 Å². The van der Waals surface area contributed by atoms with E-state index in [4.69, 9.17) is 9.47 Å². The monoisotopic (exact) mass is 445 g/mol. The van der Waals surface area contributed by atoms with Gasteiger partial charge in [0, 0.05) is 18.3 Å². The molecule has 2 aromatic carbocycles. The van der Waals surface area contributed by atoms with Crippen LogP contribution in [0.5, 0.6) is 11.5 Å². The second kappa shape index (κ2) is 10.0. The molecule has 2 aromatic rings. The molecule has 166 valence electrons. The topological polar surface area (TPSA) is 88.7 Å². The Morgan fingerprint density at radius 1 is 1.10 bits per heavy atom. The molecule has 0 fully saturated rings. The predicted molar refractivity (Wildman–Crippen MR) is 121 cm³/mol. The fourth-order valence-corrected chi connectivity index (χ4v) is 3.82. The maximum Gasteiger partial charge on any atom is 0.246 e. The van der Waals surface area contributed by atoms with Crippen molar-refractivity contribution in [1.82, 2.24) is 10.6 Å². The first kappa shape index (κ1) is 22.9. The number of fused-ring (bicyclic) bond motifs is 2. The lowest BCUT2D eigenvalue weighted by Gasteiger charge is -2.28. The third-order valence-corrected chi connectivity index (χ3v) is 5.38. The zero-order chi connectivity index (χ0) is 21.1. The van der Waals surface area contributed by atoms with Crippen LogP contribution in [0.4, 0.5) is 5.69 Å². The lowest BCUT2D eigenvalue weighted by atomic mass is 9.95. The first-order valence-corrected chi connectivity index (χ1v) is 10.3. The molecule has 2 heterocycles. The van der Waals surface area contributed by atoms with Crippen molar-refractivity contribution in [3.63, 3.8) is 0 Å². The predicted octanol–water partition coefficient (Wildman–Crippen LogP) is 3.02. The summed E-state index contributed by atoms with van der Waals surface area (Å²) in [6.45, 7) is 4.88. The molecule has 2 atom stereocenters. The average molecular weight is 446 g/mol. The van der Waals surface area contributed by atoms with Crippen molar-refractivity contribution >= 4 is 29.9 Å². The van der Waals surface area contributed by atoms with Crippen LogP contribution in [-0.2, 0) is 22.6 Å². The molecular formula is C23H28ClN3O4. The van der Waals surface area contributed by atoms with E-state index in [-0.39, 0.29) is 43.0 Å². The minimum absolute atomic E-state index is 0. The number of benzene rings is 2. The SMILES string of the molecule is CC(C)C[C@@H](NC(=O)[C@@H]1Cc2ccccc2CN1)C(=O)Nc1ccc2c(c1)OCO2.Cl. The molecule has 4 rings (SSSR count). The highest BCUT2D eigenvalue weighted by molar-refractivity contribution is 5.98. The molecule has 2 aliphatic rings. The normalized spacial score (nSPS) is 17.3. The van der Waals surface area contributed by atoms with E-state index in [0.29, 0.717) is 36.6 Å². The van der Waals surface area contributed by atoms with Gasteiger partial charge >= 0.3 is 0 Å². The number of carbonyl (C=O) groups excluding carboxylic acids is 2. The first-order chi connectivity index (χ1) is 14.5. The van der Waals surface area contributed by atoms with Gasteiger partial charge in [-0.2, -0.15) is 0 Å². The van der Waals surface area contributed by atoms with Crippen molar-refractivity contribution in [3.8, 4) is 11.5 Å². The van der Waals surface area contributed by atoms with Crippen LogP contribution < -0.4 is 25.4 Å². The molecular weight excluding hydrogens is 418 g/mol. The molecule has 2 amide bonds. The Bertz CT molecular complexity index is 950. The van der Waals surface area contributed by atoms with E-state index in [0.717, 1.165) is 0 Å². The summed E-state index contributed by atoms with van der Waals surface area (Å²) in [5, 5.41) is 9.12. The molecule has 31 heavy (non-hydrogen) atoms. The van der Waals surface area contributed by atoms with Crippen molar-refractivity contribution in [2.45, 2.75) is 45.3 Å². The van der Waals surface area contributed by atoms with Crippen LogP contribution in [0.15, 0.2) is 42.5 Å². The molecule has 0 saturated heterocycles. The molecule has 0 bridgehead atoms. The highest BCUT2D eigenvalue weighted by Crippen LogP contribution is 2.34. The van der Waals surface area contributed by atoms with Crippen LogP contribution in [-0.4, -0.2) is 30.7 Å². The van der Waals surface area contributed by atoms with Gasteiger partial charge in [0.15, 0.2) is 11.5 Å². The summed E-state index contributed by atoms with van der Waals surface area (Å²) in [6.07, 6.45) is 1.16. The Morgan fingerprint density at radius 3 is 2.61 bits per heavy atom. The lowest BCUT2D eigenvalue weighted by molar-refractivity contribution is -0.128. The molecule has 3 N–H and O–H groups in total. The maximum absolute atomic E-state index is 12.9. The summed E-state index contributed by atoms with van der Waals surface area (Å²) < 4.78 is 10.7. The van der Waals surface area contributed by atoms with E-state index in [1.807, 2.05) is 32.0 Å². The number of rotatable bonds is 6. The molecule has 0 aromatic heterocycles. The van der Waals surface area contributed by atoms with Gasteiger partial charge in [-0.1, -0.05) is 38.1 Å². The molecule has 0 radical (unpaired) electrons. The summed E-state index contributed by atoms with van der Waals surface area (Å²) in [4.78, 5) is 25.9. The Balaban J connectivity index is 0.00000272. The van der Waals surface area contributed by atoms with Gasteiger partial charge in [-0.05, 0) is 42.0 Å². The minimum atomic E-state index is -0.623. The third-order valence-electron chi connectivity index (χ3n) is 5.38. The molecule has 0 spiro atoms. The Morgan fingerprint density at radius 2 is 1.84 bits per heavy atom.